The van der Waals surface area contributed by atoms with Crippen molar-refractivity contribution in [2.24, 2.45) is 34.0 Å². The molecule has 1 nitrogen and oxygen atoms in total. The highest BCUT2D eigenvalue weighted by Crippen LogP contribution is 2.67. The van der Waals surface area contributed by atoms with Gasteiger partial charge in [0.15, 0.2) is 0 Å². The molecule has 0 aliphatic heterocycles. The second-order valence-electron chi connectivity index (χ2n) is 10.2. The van der Waals surface area contributed by atoms with Crippen LogP contribution in [-0.2, 0) is 4.79 Å². The Bertz CT molecular complexity index is 542. The second-order valence-corrected chi connectivity index (χ2v) is 10.2. The third-order valence-electron chi connectivity index (χ3n) is 8.48. The minimum absolute atomic E-state index is 0.142. The van der Waals surface area contributed by atoms with Gasteiger partial charge >= 0.3 is 0 Å². The van der Waals surface area contributed by atoms with Crippen molar-refractivity contribution in [1.82, 2.24) is 0 Å². The lowest BCUT2D eigenvalue weighted by Gasteiger charge is -2.62. The van der Waals surface area contributed by atoms with Crippen molar-refractivity contribution >= 4 is 5.78 Å². The van der Waals surface area contributed by atoms with Crippen LogP contribution in [0.4, 0.5) is 0 Å². The van der Waals surface area contributed by atoms with Gasteiger partial charge in [-0.1, -0.05) is 66.0 Å². The van der Waals surface area contributed by atoms with E-state index in [9.17, 15) is 4.79 Å². The van der Waals surface area contributed by atoms with Gasteiger partial charge in [-0.3, -0.25) is 4.79 Å². The molecule has 3 aliphatic rings. The Morgan fingerprint density at radius 1 is 1.12 bits per heavy atom. The lowest BCUT2D eigenvalue weighted by molar-refractivity contribution is -0.142. The van der Waals surface area contributed by atoms with E-state index in [1.165, 1.54) is 38.5 Å². The summed E-state index contributed by atoms with van der Waals surface area (Å²) in [6.07, 6.45) is 12.3. The summed E-state index contributed by atoms with van der Waals surface area (Å²) in [5, 5.41) is 0. The summed E-state index contributed by atoms with van der Waals surface area (Å²) in [5.41, 5.74) is 2.21. The number of hydrogen-bond donors (Lipinski definition) is 0. The van der Waals surface area contributed by atoms with Crippen molar-refractivity contribution in [3.63, 3.8) is 0 Å². The standard InChI is InChI=1S/C23H38O/c1-7-8-9-17-16(2)10-11-19-22(17,5)14-12-18-21(3,4)20(24)13-15-23(18,19)6/h11,16-18H,7-10,12-15H2,1-6H3/t16-,17+,18-,22-,23-/m0/s1. The topological polar surface area (TPSA) is 17.1 Å². The van der Waals surface area contributed by atoms with Gasteiger partial charge in [0.1, 0.15) is 5.78 Å². The summed E-state index contributed by atoms with van der Waals surface area (Å²) in [5.74, 6) is 2.67. The highest BCUT2D eigenvalue weighted by molar-refractivity contribution is 5.85. The van der Waals surface area contributed by atoms with Crippen LogP contribution in [0.15, 0.2) is 11.6 Å². The Kier molecular flexibility index (Phi) is 4.54. The molecule has 24 heavy (non-hydrogen) atoms. The van der Waals surface area contributed by atoms with Gasteiger partial charge in [-0.05, 0) is 60.7 Å². The number of Topliss-reactive ketones (excluding diaryl/α,β-unsaturated/α-hetero) is 1. The van der Waals surface area contributed by atoms with E-state index in [0.717, 1.165) is 24.7 Å². The Labute approximate surface area is 149 Å². The fourth-order valence-electron chi connectivity index (χ4n) is 7.07. The smallest absolute Gasteiger partial charge is 0.138 e. The fraction of sp³-hybridized carbons (Fsp3) is 0.870. The Hall–Kier alpha value is -0.590. The second kappa shape index (κ2) is 5.99. The van der Waals surface area contributed by atoms with Gasteiger partial charge < -0.3 is 0 Å². The van der Waals surface area contributed by atoms with Crippen LogP contribution in [0.3, 0.4) is 0 Å². The molecule has 0 unspecified atom stereocenters. The summed E-state index contributed by atoms with van der Waals surface area (Å²) in [6.45, 7) is 14.3. The maximum absolute atomic E-state index is 12.6. The third kappa shape index (κ3) is 2.44. The first-order valence-corrected chi connectivity index (χ1v) is 10.4. The van der Waals surface area contributed by atoms with Crippen molar-refractivity contribution in [3.05, 3.63) is 11.6 Å². The molecule has 0 aromatic heterocycles. The van der Waals surface area contributed by atoms with Crippen molar-refractivity contribution in [2.45, 2.75) is 92.9 Å². The molecule has 0 N–H and O–H groups in total. The highest BCUT2D eigenvalue weighted by atomic mass is 16.1. The predicted molar refractivity (Wildman–Crippen MR) is 102 cm³/mol. The van der Waals surface area contributed by atoms with Crippen molar-refractivity contribution < 1.29 is 4.79 Å². The minimum atomic E-state index is -0.142. The molecule has 1 heteroatoms. The number of allylic oxidation sites excluding steroid dienone is 2. The van der Waals surface area contributed by atoms with E-state index in [1.54, 1.807) is 5.57 Å². The number of unbranched alkanes of at least 4 members (excludes halogenated alkanes) is 1. The first kappa shape index (κ1) is 18.2. The van der Waals surface area contributed by atoms with E-state index in [2.05, 4.69) is 47.6 Å². The normalized spacial score (nSPS) is 44.5. The van der Waals surface area contributed by atoms with E-state index in [1.807, 2.05) is 0 Å². The Balaban J connectivity index is 2.00. The summed E-state index contributed by atoms with van der Waals surface area (Å²) < 4.78 is 0. The maximum Gasteiger partial charge on any atom is 0.138 e. The predicted octanol–water partition coefficient (Wildman–Crippen LogP) is 6.57. The lowest BCUT2D eigenvalue weighted by Crippen LogP contribution is -2.56. The summed E-state index contributed by atoms with van der Waals surface area (Å²) in [4.78, 5) is 12.6. The molecule has 0 saturated heterocycles. The highest BCUT2D eigenvalue weighted by Gasteiger charge is 2.60. The first-order chi connectivity index (χ1) is 11.2. The molecule has 136 valence electrons. The van der Waals surface area contributed by atoms with Crippen LogP contribution < -0.4 is 0 Å². The summed E-state index contributed by atoms with van der Waals surface area (Å²) in [6, 6.07) is 0. The number of rotatable bonds is 3. The van der Waals surface area contributed by atoms with Crippen molar-refractivity contribution in [2.75, 3.05) is 0 Å². The van der Waals surface area contributed by atoms with Gasteiger partial charge in [0.05, 0.1) is 0 Å². The summed E-state index contributed by atoms with van der Waals surface area (Å²) in [7, 11) is 0. The molecule has 0 radical (unpaired) electrons. The molecule has 0 heterocycles. The molecular formula is C23H38O. The Morgan fingerprint density at radius 3 is 2.50 bits per heavy atom. The van der Waals surface area contributed by atoms with E-state index >= 15 is 0 Å². The zero-order valence-electron chi connectivity index (χ0n) is 16.9. The molecule has 0 spiro atoms. The van der Waals surface area contributed by atoms with Crippen molar-refractivity contribution in [3.8, 4) is 0 Å². The Morgan fingerprint density at radius 2 is 1.83 bits per heavy atom. The number of fused-ring (bicyclic) bond motifs is 3. The van der Waals surface area contributed by atoms with Crippen LogP contribution in [0, 0.1) is 34.0 Å². The van der Waals surface area contributed by atoms with Crippen molar-refractivity contribution in [1.29, 1.82) is 0 Å². The molecule has 2 fully saturated rings. The molecule has 2 saturated carbocycles. The zero-order valence-corrected chi connectivity index (χ0v) is 16.9. The van der Waals surface area contributed by atoms with Gasteiger partial charge in [-0.15, -0.1) is 0 Å². The summed E-state index contributed by atoms with van der Waals surface area (Å²) >= 11 is 0. The number of hydrogen-bond acceptors (Lipinski definition) is 1. The fourth-order valence-corrected chi connectivity index (χ4v) is 7.07. The monoisotopic (exact) mass is 330 g/mol. The SMILES string of the molecule is CCCC[C@@H]1[C@@H](C)CC=C2[C@@]1(C)CC[C@H]1C(C)(C)C(=O)CC[C@]21C. The number of ketones is 1. The molecule has 3 rings (SSSR count). The lowest BCUT2D eigenvalue weighted by atomic mass is 9.41. The van der Waals surface area contributed by atoms with E-state index in [0.29, 0.717) is 17.1 Å². The molecular weight excluding hydrogens is 292 g/mol. The van der Waals surface area contributed by atoms with E-state index in [-0.39, 0.29) is 10.8 Å². The van der Waals surface area contributed by atoms with Crippen LogP contribution in [0.2, 0.25) is 0 Å². The molecule has 0 aromatic rings. The molecule has 5 atom stereocenters. The number of carbonyl (C=O) groups excluding carboxylic acids is 1. The molecule has 0 bridgehead atoms. The van der Waals surface area contributed by atoms with Crippen LogP contribution in [-0.4, -0.2) is 5.78 Å². The van der Waals surface area contributed by atoms with Crippen LogP contribution in [0.1, 0.15) is 92.9 Å². The van der Waals surface area contributed by atoms with Crippen LogP contribution >= 0.6 is 0 Å². The van der Waals surface area contributed by atoms with Crippen LogP contribution in [0.25, 0.3) is 0 Å². The average molecular weight is 331 g/mol. The minimum Gasteiger partial charge on any atom is -0.299 e. The molecule has 0 amide bonds. The number of carbonyl (C=O) groups is 1. The van der Waals surface area contributed by atoms with Gasteiger partial charge in [-0.2, -0.15) is 0 Å². The quantitative estimate of drug-likeness (QED) is 0.535. The van der Waals surface area contributed by atoms with Gasteiger partial charge in [0.2, 0.25) is 0 Å². The maximum atomic E-state index is 12.6. The molecule has 0 aromatic carbocycles. The largest absolute Gasteiger partial charge is 0.299 e. The third-order valence-corrected chi connectivity index (χ3v) is 8.48. The van der Waals surface area contributed by atoms with Gasteiger partial charge in [-0.25, -0.2) is 0 Å². The van der Waals surface area contributed by atoms with Crippen LogP contribution in [0.5, 0.6) is 0 Å². The van der Waals surface area contributed by atoms with E-state index in [4.69, 9.17) is 0 Å². The average Bonchev–Trinajstić information content (AvgIpc) is 2.50. The van der Waals surface area contributed by atoms with Gasteiger partial charge in [0.25, 0.3) is 0 Å². The molecule has 3 aliphatic carbocycles. The first-order valence-electron chi connectivity index (χ1n) is 10.4. The van der Waals surface area contributed by atoms with E-state index < -0.39 is 0 Å². The van der Waals surface area contributed by atoms with Gasteiger partial charge in [0, 0.05) is 11.8 Å². The zero-order chi connectivity index (χ0) is 17.8.